The second-order valence-corrected chi connectivity index (χ2v) is 7.05. The van der Waals surface area contributed by atoms with Crippen LogP contribution in [0.1, 0.15) is 50.3 Å². The van der Waals surface area contributed by atoms with Gasteiger partial charge in [0, 0.05) is 31.1 Å². The van der Waals surface area contributed by atoms with Crippen LogP contribution < -0.4 is 5.32 Å². The minimum Gasteiger partial charge on any atom is -0.342 e. The molecule has 1 saturated heterocycles. The summed E-state index contributed by atoms with van der Waals surface area (Å²) in [5.41, 5.74) is 1.90. The van der Waals surface area contributed by atoms with Gasteiger partial charge >= 0.3 is 0 Å². The third kappa shape index (κ3) is 3.73. The Labute approximate surface area is 138 Å². The van der Waals surface area contributed by atoms with Gasteiger partial charge in [-0.3, -0.25) is 4.79 Å². The first-order chi connectivity index (χ1) is 11.1. The highest BCUT2D eigenvalue weighted by atomic mass is 16.2. The van der Waals surface area contributed by atoms with Gasteiger partial charge in [0.05, 0.1) is 11.6 Å². The number of rotatable bonds is 4. The molecule has 1 amide bonds. The molecule has 1 aliphatic heterocycles. The fourth-order valence-corrected chi connectivity index (χ4v) is 3.45. The van der Waals surface area contributed by atoms with E-state index in [2.05, 4.69) is 30.1 Å². The van der Waals surface area contributed by atoms with E-state index in [1.54, 1.807) is 0 Å². The van der Waals surface area contributed by atoms with Crippen molar-refractivity contribution < 1.29 is 4.79 Å². The summed E-state index contributed by atoms with van der Waals surface area (Å²) >= 11 is 0. The molecule has 1 saturated carbocycles. The Morgan fingerprint density at radius 1 is 1.30 bits per heavy atom. The van der Waals surface area contributed by atoms with Crippen molar-refractivity contribution in [1.82, 2.24) is 10.2 Å². The van der Waals surface area contributed by atoms with Crippen molar-refractivity contribution in [1.29, 1.82) is 5.26 Å². The maximum absolute atomic E-state index is 12.2. The average molecular weight is 311 g/mol. The van der Waals surface area contributed by atoms with Crippen LogP contribution in [0, 0.1) is 23.2 Å². The van der Waals surface area contributed by atoms with Gasteiger partial charge in [-0.05, 0) is 49.8 Å². The highest BCUT2D eigenvalue weighted by Gasteiger charge is 2.37. The number of benzene rings is 1. The number of nitrogens with one attached hydrogen (secondary N) is 1. The molecule has 2 fully saturated rings. The maximum atomic E-state index is 12.2. The molecule has 3 atom stereocenters. The van der Waals surface area contributed by atoms with Crippen LogP contribution in [0.5, 0.6) is 0 Å². The van der Waals surface area contributed by atoms with E-state index in [1.807, 2.05) is 24.3 Å². The van der Waals surface area contributed by atoms with Gasteiger partial charge in [0.15, 0.2) is 0 Å². The van der Waals surface area contributed by atoms with E-state index in [0.717, 1.165) is 32.4 Å². The first-order valence-corrected chi connectivity index (χ1v) is 8.63. The van der Waals surface area contributed by atoms with Crippen LogP contribution >= 0.6 is 0 Å². The number of amides is 1. The van der Waals surface area contributed by atoms with E-state index >= 15 is 0 Å². The molecule has 4 heteroatoms. The number of nitrogens with zero attached hydrogens (tertiary/aromatic N) is 2. The van der Waals surface area contributed by atoms with Crippen molar-refractivity contribution in [3.05, 3.63) is 35.4 Å². The molecule has 1 aliphatic carbocycles. The number of likely N-dealkylation sites (tertiary alicyclic amines) is 1. The number of hydrogen-bond donors (Lipinski definition) is 1. The number of piperidine rings is 1. The Morgan fingerprint density at radius 3 is 2.57 bits per heavy atom. The van der Waals surface area contributed by atoms with Crippen molar-refractivity contribution in [3.8, 4) is 6.07 Å². The molecule has 23 heavy (non-hydrogen) atoms. The molecule has 3 unspecified atom stereocenters. The van der Waals surface area contributed by atoms with Crippen LogP contribution in [0.3, 0.4) is 0 Å². The van der Waals surface area contributed by atoms with E-state index in [4.69, 9.17) is 5.26 Å². The first kappa shape index (κ1) is 16.0. The Morgan fingerprint density at radius 2 is 2.00 bits per heavy atom. The van der Waals surface area contributed by atoms with Gasteiger partial charge in [-0.15, -0.1) is 0 Å². The zero-order valence-corrected chi connectivity index (χ0v) is 14.0. The highest BCUT2D eigenvalue weighted by molar-refractivity contribution is 5.81. The predicted octanol–water partition coefficient (Wildman–Crippen LogP) is 2.86. The fraction of sp³-hybridized carbons (Fsp3) is 0.579. The van der Waals surface area contributed by atoms with Crippen LogP contribution in [-0.2, 0) is 4.79 Å². The average Bonchev–Trinajstić information content (AvgIpc) is 3.41. The lowest BCUT2D eigenvalue weighted by Gasteiger charge is -2.39. The van der Waals surface area contributed by atoms with E-state index < -0.39 is 0 Å². The minimum atomic E-state index is 0.251. The lowest BCUT2D eigenvalue weighted by Crippen LogP contribution is -2.50. The Hall–Kier alpha value is -1.86. The zero-order valence-electron chi connectivity index (χ0n) is 14.0. The lowest BCUT2D eigenvalue weighted by molar-refractivity contribution is -0.134. The molecular formula is C19H25N3O. The Balaban J connectivity index is 1.55. The molecular weight excluding hydrogens is 286 g/mol. The molecule has 1 N–H and O–H groups in total. The summed E-state index contributed by atoms with van der Waals surface area (Å²) < 4.78 is 0. The van der Waals surface area contributed by atoms with E-state index in [9.17, 15) is 4.79 Å². The van der Waals surface area contributed by atoms with E-state index in [1.165, 1.54) is 5.56 Å². The van der Waals surface area contributed by atoms with E-state index in [0.29, 0.717) is 29.3 Å². The number of hydrogen-bond acceptors (Lipinski definition) is 3. The molecule has 0 radical (unpaired) electrons. The van der Waals surface area contributed by atoms with Gasteiger partial charge in [0.1, 0.15) is 0 Å². The molecule has 122 valence electrons. The highest BCUT2D eigenvalue weighted by Crippen LogP contribution is 2.32. The third-order valence-electron chi connectivity index (χ3n) is 5.15. The van der Waals surface area contributed by atoms with Crippen molar-refractivity contribution in [2.24, 2.45) is 11.8 Å². The van der Waals surface area contributed by atoms with Gasteiger partial charge in [-0.1, -0.05) is 19.1 Å². The molecule has 3 rings (SSSR count). The summed E-state index contributed by atoms with van der Waals surface area (Å²) in [5, 5.41) is 12.6. The van der Waals surface area contributed by atoms with Gasteiger partial charge in [0.2, 0.25) is 5.91 Å². The van der Waals surface area contributed by atoms with Crippen molar-refractivity contribution in [2.75, 3.05) is 13.1 Å². The SMILES string of the molecule is CC(NC1CCN(C(=O)C2CC2)CC1C)c1ccc(C#N)cc1. The molecule has 1 aromatic rings. The molecule has 2 aliphatic rings. The van der Waals surface area contributed by atoms with Crippen molar-refractivity contribution >= 4 is 5.91 Å². The largest absolute Gasteiger partial charge is 0.342 e. The lowest BCUT2D eigenvalue weighted by atomic mass is 9.92. The number of carbonyl (C=O) groups is 1. The molecule has 0 aromatic heterocycles. The first-order valence-electron chi connectivity index (χ1n) is 8.63. The molecule has 4 nitrogen and oxygen atoms in total. The van der Waals surface area contributed by atoms with Gasteiger partial charge < -0.3 is 10.2 Å². The van der Waals surface area contributed by atoms with Crippen LogP contribution in [-0.4, -0.2) is 29.9 Å². The topological polar surface area (TPSA) is 56.1 Å². The van der Waals surface area contributed by atoms with Gasteiger partial charge in [0.25, 0.3) is 0 Å². The van der Waals surface area contributed by atoms with E-state index in [-0.39, 0.29) is 6.04 Å². The summed E-state index contributed by atoms with van der Waals surface area (Å²) in [6, 6.07) is 10.6. The molecule has 0 bridgehead atoms. The summed E-state index contributed by atoms with van der Waals surface area (Å²) in [7, 11) is 0. The Kier molecular flexibility index (Phi) is 4.68. The van der Waals surface area contributed by atoms with Crippen LogP contribution in [0.15, 0.2) is 24.3 Å². The van der Waals surface area contributed by atoms with Crippen LogP contribution in [0.2, 0.25) is 0 Å². The van der Waals surface area contributed by atoms with Crippen molar-refractivity contribution in [2.45, 2.75) is 45.2 Å². The van der Waals surface area contributed by atoms with Crippen LogP contribution in [0.25, 0.3) is 0 Å². The summed E-state index contributed by atoms with van der Waals surface area (Å²) in [5.74, 6) is 1.16. The van der Waals surface area contributed by atoms with Crippen molar-refractivity contribution in [3.63, 3.8) is 0 Å². The maximum Gasteiger partial charge on any atom is 0.225 e. The summed E-state index contributed by atoms with van der Waals surface area (Å²) in [6.07, 6.45) is 3.18. The summed E-state index contributed by atoms with van der Waals surface area (Å²) in [4.78, 5) is 14.3. The van der Waals surface area contributed by atoms with Crippen LogP contribution in [0.4, 0.5) is 0 Å². The minimum absolute atomic E-state index is 0.251. The summed E-state index contributed by atoms with van der Waals surface area (Å²) in [6.45, 7) is 6.13. The molecule has 1 heterocycles. The fourth-order valence-electron chi connectivity index (χ4n) is 3.45. The second-order valence-electron chi connectivity index (χ2n) is 7.05. The zero-order chi connectivity index (χ0) is 16.4. The number of carbonyl (C=O) groups excluding carboxylic acids is 1. The smallest absolute Gasteiger partial charge is 0.225 e. The predicted molar refractivity (Wildman–Crippen MR) is 89.6 cm³/mol. The molecule has 0 spiro atoms. The number of nitriles is 1. The molecule has 1 aromatic carbocycles. The quantitative estimate of drug-likeness (QED) is 0.930. The second kappa shape index (κ2) is 6.72. The Bertz CT molecular complexity index is 600. The van der Waals surface area contributed by atoms with Gasteiger partial charge in [-0.25, -0.2) is 0 Å². The standard InChI is InChI=1S/C19H25N3O/c1-13-12-22(19(23)17-7-8-17)10-9-18(13)21-14(2)16-5-3-15(11-20)4-6-16/h3-6,13-14,17-18,21H,7-10,12H2,1-2H3. The third-order valence-corrected chi connectivity index (χ3v) is 5.15. The monoisotopic (exact) mass is 311 g/mol. The normalized spacial score (nSPS) is 25.7. The van der Waals surface area contributed by atoms with Gasteiger partial charge in [-0.2, -0.15) is 5.26 Å².